The first-order chi connectivity index (χ1) is 13.5. The summed E-state index contributed by atoms with van der Waals surface area (Å²) in [5.74, 6) is -1.12. The zero-order valence-electron chi connectivity index (χ0n) is 16.9. The SMILES string of the molecule is Cc1c(C(=O)C(F)(F)F)c2ccccc2n1CCOc1ccc(C(C)(C)C)cc1. The van der Waals surface area contributed by atoms with E-state index in [0.717, 1.165) is 0 Å². The summed E-state index contributed by atoms with van der Waals surface area (Å²) in [6.45, 7) is 8.53. The minimum absolute atomic E-state index is 0.0428. The van der Waals surface area contributed by atoms with Crippen LogP contribution in [0.3, 0.4) is 0 Å². The van der Waals surface area contributed by atoms with Gasteiger partial charge < -0.3 is 9.30 Å². The van der Waals surface area contributed by atoms with Crippen LogP contribution in [-0.2, 0) is 12.0 Å². The molecular weight excluding hydrogens is 379 g/mol. The average Bonchev–Trinajstić information content (AvgIpc) is 2.92. The number of hydrogen-bond donors (Lipinski definition) is 0. The molecule has 0 atom stereocenters. The molecule has 0 N–H and O–H groups in total. The van der Waals surface area contributed by atoms with Crippen LogP contribution in [0, 0.1) is 6.92 Å². The van der Waals surface area contributed by atoms with Crippen molar-refractivity contribution < 1.29 is 22.7 Å². The number of para-hydroxylation sites is 1. The first kappa shape index (κ1) is 21.0. The molecule has 6 heteroatoms. The zero-order valence-corrected chi connectivity index (χ0v) is 16.9. The van der Waals surface area contributed by atoms with E-state index in [-0.39, 0.29) is 17.6 Å². The number of aromatic nitrogens is 1. The molecule has 0 radical (unpaired) electrons. The fraction of sp³-hybridized carbons (Fsp3) is 0.348. The van der Waals surface area contributed by atoms with Gasteiger partial charge in [0.25, 0.3) is 5.78 Å². The highest BCUT2D eigenvalue weighted by Gasteiger charge is 2.42. The smallest absolute Gasteiger partial charge is 0.454 e. The maximum absolute atomic E-state index is 13.1. The Morgan fingerprint density at radius 2 is 1.62 bits per heavy atom. The molecule has 0 aliphatic heterocycles. The third-order valence-electron chi connectivity index (χ3n) is 5.02. The summed E-state index contributed by atoms with van der Waals surface area (Å²) in [5.41, 5.74) is 1.82. The molecule has 29 heavy (non-hydrogen) atoms. The highest BCUT2D eigenvalue weighted by Crippen LogP contribution is 2.32. The van der Waals surface area contributed by atoms with E-state index in [1.165, 1.54) is 12.5 Å². The van der Waals surface area contributed by atoms with Gasteiger partial charge in [0.05, 0.1) is 12.1 Å². The van der Waals surface area contributed by atoms with Crippen molar-refractivity contribution in [2.75, 3.05) is 6.61 Å². The largest absolute Gasteiger partial charge is 0.492 e. The van der Waals surface area contributed by atoms with Crippen molar-refractivity contribution in [3.05, 3.63) is 65.4 Å². The molecule has 0 saturated carbocycles. The molecule has 3 rings (SSSR count). The minimum Gasteiger partial charge on any atom is -0.492 e. The monoisotopic (exact) mass is 403 g/mol. The third-order valence-corrected chi connectivity index (χ3v) is 5.02. The Kier molecular flexibility index (Phi) is 5.48. The van der Waals surface area contributed by atoms with Gasteiger partial charge in [-0.15, -0.1) is 0 Å². The molecule has 154 valence electrons. The number of carbonyl (C=O) groups is 1. The van der Waals surface area contributed by atoms with Gasteiger partial charge in [-0.1, -0.05) is 51.1 Å². The molecule has 0 bridgehead atoms. The Balaban J connectivity index is 1.82. The predicted octanol–water partition coefficient (Wildman–Crippen LogP) is 6.07. The van der Waals surface area contributed by atoms with Crippen LogP contribution in [0.25, 0.3) is 10.9 Å². The van der Waals surface area contributed by atoms with Crippen LogP contribution in [0.2, 0.25) is 0 Å². The normalized spacial score (nSPS) is 12.4. The lowest BCUT2D eigenvalue weighted by atomic mass is 9.87. The second kappa shape index (κ2) is 7.58. The van der Waals surface area contributed by atoms with E-state index in [1.54, 1.807) is 28.8 Å². The third kappa shape index (κ3) is 4.31. The second-order valence-electron chi connectivity index (χ2n) is 8.08. The highest BCUT2D eigenvalue weighted by atomic mass is 19.4. The Bertz CT molecular complexity index is 1030. The van der Waals surface area contributed by atoms with Crippen LogP contribution < -0.4 is 4.74 Å². The summed E-state index contributed by atoms with van der Waals surface area (Å²) >= 11 is 0. The number of Topliss-reactive ketones (excluding diaryl/α,β-unsaturated/α-hetero) is 1. The van der Waals surface area contributed by atoms with Gasteiger partial charge in [0.2, 0.25) is 0 Å². The van der Waals surface area contributed by atoms with Crippen molar-refractivity contribution in [3.63, 3.8) is 0 Å². The van der Waals surface area contributed by atoms with Crippen molar-refractivity contribution >= 4 is 16.7 Å². The van der Waals surface area contributed by atoms with Gasteiger partial charge in [0, 0.05) is 16.6 Å². The molecular formula is C23H24F3NO2. The summed E-state index contributed by atoms with van der Waals surface area (Å²) in [6, 6.07) is 14.4. The standard InChI is InChI=1S/C23H24F3NO2/c1-15-20(21(28)23(24,25)26)18-7-5-6-8-19(18)27(15)13-14-29-17-11-9-16(10-12-17)22(2,3)4/h5-12H,13-14H2,1-4H3. The molecule has 1 heterocycles. The van der Waals surface area contributed by atoms with Crippen molar-refractivity contribution in [2.45, 2.75) is 45.8 Å². The van der Waals surface area contributed by atoms with Crippen molar-refractivity contribution in [3.8, 4) is 5.75 Å². The second-order valence-corrected chi connectivity index (χ2v) is 8.08. The summed E-state index contributed by atoms with van der Waals surface area (Å²) < 4.78 is 46.7. The van der Waals surface area contributed by atoms with Gasteiger partial charge in [0.15, 0.2) is 0 Å². The molecule has 0 aliphatic rings. The van der Waals surface area contributed by atoms with E-state index in [2.05, 4.69) is 20.8 Å². The number of benzene rings is 2. The molecule has 3 nitrogen and oxygen atoms in total. The number of fused-ring (bicyclic) bond motifs is 1. The Hall–Kier alpha value is -2.76. The lowest BCUT2D eigenvalue weighted by Crippen LogP contribution is -2.23. The van der Waals surface area contributed by atoms with E-state index in [1.807, 2.05) is 24.3 Å². The number of halogens is 3. The molecule has 0 fully saturated rings. The summed E-state index contributed by atoms with van der Waals surface area (Å²) in [6.07, 6.45) is -4.91. The molecule has 1 aromatic heterocycles. The van der Waals surface area contributed by atoms with Gasteiger partial charge >= 0.3 is 6.18 Å². The Morgan fingerprint density at radius 3 is 2.21 bits per heavy atom. The number of rotatable bonds is 5. The van der Waals surface area contributed by atoms with E-state index in [4.69, 9.17) is 4.74 Å². The van der Waals surface area contributed by atoms with E-state index in [0.29, 0.717) is 28.9 Å². The van der Waals surface area contributed by atoms with Crippen molar-refractivity contribution in [1.82, 2.24) is 4.57 Å². The molecule has 3 aromatic rings. The summed E-state index contributed by atoms with van der Waals surface area (Å²) in [4.78, 5) is 12.0. The van der Waals surface area contributed by atoms with Crippen LogP contribution in [0.5, 0.6) is 5.75 Å². The van der Waals surface area contributed by atoms with Crippen LogP contribution in [0.15, 0.2) is 48.5 Å². The minimum atomic E-state index is -4.91. The van der Waals surface area contributed by atoms with Gasteiger partial charge in [-0.05, 0) is 36.1 Å². The number of hydrogen-bond acceptors (Lipinski definition) is 2. The number of ether oxygens (including phenoxy) is 1. The molecule has 0 saturated heterocycles. The maximum atomic E-state index is 13.1. The molecule has 0 spiro atoms. The maximum Gasteiger partial charge on any atom is 0.454 e. The van der Waals surface area contributed by atoms with Crippen molar-refractivity contribution in [2.24, 2.45) is 0 Å². The van der Waals surface area contributed by atoms with E-state index in [9.17, 15) is 18.0 Å². The highest BCUT2D eigenvalue weighted by molar-refractivity contribution is 6.12. The van der Waals surface area contributed by atoms with Crippen LogP contribution in [0.4, 0.5) is 13.2 Å². The lowest BCUT2D eigenvalue weighted by Gasteiger charge is -2.19. The average molecular weight is 403 g/mol. The molecule has 0 aliphatic carbocycles. The number of carbonyl (C=O) groups excluding carboxylic acids is 1. The number of ketones is 1. The molecule has 2 aromatic carbocycles. The summed E-state index contributed by atoms with van der Waals surface area (Å²) in [5, 5.41) is 0.307. The predicted molar refractivity (Wildman–Crippen MR) is 108 cm³/mol. The topological polar surface area (TPSA) is 31.2 Å². The van der Waals surface area contributed by atoms with Gasteiger partial charge in [-0.25, -0.2) is 0 Å². The fourth-order valence-electron chi connectivity index (χ4n) is 3.45. The van der Waals surface area contributed by atoms with Crippen LogP contribution in [0.1, 0.15) is 42.4 Å². The number of alkyl halides is 3. The lowest BCUT2D eigenvalue weighted by molar-refractivity contribution is -0.0884. The van der Waals surface area contributed by atoms with E-state index >= 15 is 0 Å². The fourth-order valence-corrected chi connectivity index (χ4v) is 3.45. The summed E-state index contributed by atoms with van der Waals surface area (Å²) in [7, 11) is 0. The number of nitrogens with zero attached hydrogens (tertiary/aromatic N) is 1. The first-order valence-corrected chi connectivity index (χ1v) is 9.43. The van der Waals surface area contributed by atoms with Gasteiger partial charge in [0.1, 0.15) is 12.4 Å². The van der Waals surface area contributed by atoms with Crippen LogP contribution >= 0.6 is 0 Å². The van der Waals surface area contributed by atoms with Gasteiger partial charge in [-0.3, -0.25) is 4.79 Å². The molecule has 0 amide bonds. The van der Waals surface area contributed by atoms with Crippen LogP contribution in [-0.4, -0.2) is 23.1 Å². The first-order valence-electron chi connectivity index (χ1n) is 9.43. The zero-order chi connectivity index (χ0) is 21.4. The quantitative estimate of drug-likeness (QED) is 0.484. The van der Waals surface area contributed by atoms with E-state index < -0.39 is 12.0 Å². The Labute approximate surface area is 168 Å². The van der Waals surface area contributed by atoms with Gasteiger partial charge in [-0.2, -0.15) is 13.2 Å². The Morgan fingerprint density at radius 1 is 1.00 bits per heavy atom. The molecule has 0 unspecified atom stereocenters. The van der Waals surface area contributed by atoms with Crippen molar-refractivity contribution in [1.29, 1.82) is 0 Å².